The lowest BCUT2D eigenvalue weighted by atomic mass is 9.86. The summed E-state index contributed by atoms with van der Waals surface area (Å²) < 4.78 is 5.42. The molecule has 1 saturated heterocycles. The molecule has 0 bridgehead atoms. The SMILES string of the molecule is CSc1ccc(Cc2cc([C@]3(O)O[C@H](CO)[C@@H](O)[C@H](O)[C@H]3O)ccc2C)cc1. The first-order valence-corrected chi connectivity index (χ1v) is 10.3. The van der Waals surface area contributed by atoms with Gasteiger partial charge in [0.15, 0.2) is 0 Å². The Morgan fingerprint density at radius 1 is 1.04 bits per heavy atom. The highest BCUT2D eigenvalue weighted by Crippen LogP contribution is 2.37. The van der Waals surface area contributed by atoms with Gasteiger partial charge in [0.05, 0.1) is 6.61 Å². The monoisotopic (exact) mass is 406 g/mol. The van der Waals surface area contributed by atoms with E-state index < -0.39 is 36.8 Å². The number of aliphatic hydroxyl groups is 5. The summed E-state index contributed by atoms with van der Waals surface area (Å²) in [5.74, 6) is -2.24. The fourth-order valence-electron chi connectivity index (χ4n) is 3.44. The third kappa shape index (κ3) is 3.97. The lowest BCUT2D eigenvalue weighted by molar-refractivity contribution is -0.357. The molecular formula is C21H26O6S. The molecule has 0 radical (unpaired) electrons. The zero-order valence-corrected chi connectivity index (χ0v) is 16.6. The van der Waals surface area contributed by atoms with Crippen molar-refractivity contribution < 1.29 is 30.3 Å². The summed E-state index contributed by atoms with van der Waals surface area (Å²) in [5.41, 5.74) is 3.29. The van der Waals surface area contributed by atoms with Gasteiger partial charge in [-0.05, 0) is 54.5 Å². The van der Waals surface area contributed by atoms with Gasteiger partial charge in [0.2, 0.25) is 5.79 Å². The Labute approximate surface area is 168 Å². The highest BCUT2D eigenvalue weighted by atomic mass is 32.2. The Hall–Kier alpha value is -1.45. The van der Waals surface area contributed by atoms with Crippen molar-refractivity contribution in [3.8, 4) is 0 Å². The second-order valence-corrected chi connectivity index (χ2v) is 8.01. The first-order valence-electron chi connectivity index (χ1n) is 9.08. The predicted octanol–water partition coefficient (Wildman–Crippen LogP) is 0.927. The normalized spacial score (nSPS) is 30.4. The molecule has 1 fully saturated rings. The molecule has 3 rings (SSSR count). The molecule has 28 heavy (non-hydrogen) atoms. The van der Waals surface area contributed by atoms with Crippen LogP contribution in [0.4, 0.5) is 0 Å². The zero-order chi connectivity index (χ0) is 20.5. The van der Waals surface area contributed by atoms with Crippen LogP contribution in [-0.2, 0) is 16.9 Å². The first-order chi connectivity index (χ1) is 13.3. The molecule has 0 unspecified atom stereocenters. The molecule has 0 aromatic heterocycles. The summed E-state index contributed by atoms with van der Waals surface area (Å²) in [5, 5.41) is 50.8. The van der Waals surface area contributed by atoms with Gasteiger partial charge in [-0.1, -0.05) is 24.3 Å². The minimum absolute atomic E-state index is 0.255. The van der Waals surface area contributed by atoms with Crippen LogP contribution in [0.15, 0.2) is 47.4 Å². The van der Waals surface area contributed by atoms with Crippen molar-refractivity contribution in [1.29, 1.82) is 0 Å². The molecule has 0 saturated carbocycles. The number of hydrogen-bond donors (Lipinski definition) is 5. The molecule has 6 nitrogen and oxygen atoms in total. The maximum atomic E-state index is 11.0. The molecule has 2 aromatic carbocycles. The molecule has 1 aliphatic heterocycles. The smallest absolute Gasteiger partial charge is 0.222 e. The highest BCUT2D eigenvalue weighted by molar-refractivity contribution is 7.98. The van der Waals surface area contributed by atoms with Crippen molar-refractivity contribution in [3.63, 3.8) is 0 Å². The van der Waals surface area contributed by atoms with Crippen LogP contribution in [0.5, 0.6) is 0 Å². The van der Waals surface area contributed by atoms with Crippen molar-refractivity contribution in [1.82, 2.24) is 0 Å². The molecule has 0 aliphatic carbocycles. The number of thioether (sulfide) groups is 1. The Kier molecular flexibility index (Phi) is 6.46. The van der Waals surface area contributed by atoms with Gasteiger partial charge >= 0.3 is 0 Å². The van der Waals surface area contributed by atoms with Gasteiger partial charge in [0.25, 0.3) is 0 Å². The molecule has 2 aromatic rings. The molecule has 5 N–H and O–H groups in total. The minimum Gasteiger partial charge on any atom is -0.394 e. The number of aliphatic hydroxyl groups excluding tert-OH is 4. The summed E-state index contributed by atoms with van der Waals surface area (Å²) in [7, 11) is 0. The largest absolute Gasteiger partial charge is 0.394 e. The van der Waals surface area contributed by atoms with Gasteiger partial charge in [0, 0.05) is 10.5 Å². The first kappa shape index (κ1) is 21.3. The van der Waals surface area contributed by atoms with E-state index in [2.05, 4.69) is 0 Å². The number of hydrogen-bond acceptors (Lipinski definition) is 7. The van der Waals surface area contributed by atoms with Crippen molar-refractivity contribution in [2.24, 2.45) is 0 Å². The van der Waals surface area contributed by atoms with Gasteiger partial charge in [-0.3, -0.25) is 0 Å². The van der Waals surface area contributed by atoms with Gasteiger partial charge < -0.3 is 30.3 Å². The third-order valence-corrected chi connectivity index (χ3v) is 6.03. The average molecular weight is 407 g/mol. The van der Waals surface area contributed by atoms with E-state index >= 15 is 0 Å². The third-order valence-electron chi connectivity index (χ3n) is 5.28. The van der Waals surface area contributed by atoms with Crippen molar-refractivity contribution >= 4 is 11.8 Å². The molecular weight excluding hydrogens is 380 g/mol. The Morgan fingerprint density at radius 3 is 2.32 bits per heavy atom. The van der Waals surface area contributed by atoms with E-state index in [1.807, 2.05) is 37.4 Å². The van der Waals surface area contributed by atoms with Crippen molar-refractivity contribution in [3.05, 3.63) is 64.7 Å². The highest BCUT2D eigenvalue weighted by Gasteiger charge is 2.53. The van der Waals surface area contributed by atoms with Crippen LogP contribution in [0, 0.1) is 6.92 Å². The summed E-state index contributed by atoms with van der Waals surface area (Å²) in [6.07, 6.45) is -3.49. The summed E-state index contributed by atoms with van der Waals surface area (Å²) in [4.78, 5) is 1.17. The molecule has 5 atom stereocenters. The second kappa shape index (κ2) is 8.51. The van der Waals surface area contributed by atoms with E-state index in [9.17, 15) is 25.5 Å². The number of aryl methyl sites for hydroxylation is 1. The average Bonchev–Trinajstić information content (AvgIpc) is 2.71. The van der Waals surface area contributed by atoms with Crippen molar-refractivity contribution in [2.75, 3.05) is 12.9 Å². The lowest BCUT2D eigenvalue weighted by Gasteiger charge is -2.45. The van der Waals surface area contributed by atoms with Crippen LogP contribution in [0.2, 0.25) is 0 Å². The minimum atomic E-state index is -2.24. The fraction of sp³-hybridized carbons (Fsp3) is 0.429. The van der Waals surface area contributed by atoms with E-state index in [-0.39, 0.29) is 5.56 Å². The topological polar surface area (TPSA) is 110 Å². The molecule has 0 amide bonds. The molecule has 7 heteroatoms. The van der Waals surface area contributed by atoms with E-state index in [1.54, 1.807) is 30.0 Å². The fourth-order valence-corrected chi connectivity index (χ4v) is 3.85. The van der Waals surface area contributed by atoms with Gasteiger partial charge in [-0.25, -0.2) is 0 Å². The van der Waals surface area contributed by atoms with Gasteiger partial charge in [-0.15, -0.1) is 11.8 Å². The molecule has 1 aliphatic rings. The second-order valence-electron chi connectivity index (χ2n) is 7.13. The number of rotatable bonds is 5. The quantitative estimate of drug-likeness (QED) is 0.470. The molecule has 0 spiro atoms. The lowest BCUT2D eigenvalue weighted by Crippen LogP contribution is -2.63. The van der Waals surface area contributed by atoms with Crippen LogP contribution < -0.4 is 0 Å². The van der Waals surface area contributed by atoms with Crippen LogP contribution in [-0.4, -0.2) is 62.8 Å². The van der Waals surface area contributed by atoms with Crippen LogP contribution in [0.25, 0.3) is 0 Å². The zero-order valence-electron chi connectivity index (χ0n) is 15.8. The Morgan fingerprint density at radius 2 is 1.71 bits per heavy atom. The maximum Gasteiger partial charge on any atom is 0.222 e. The van der Waals surface area contributed by atoms with E-state index in [4.69, 9.17) is 4.74 Å². The van der Waals surface area contributed by atoms with E-state index in [0.717, 1.165) is 16.7 Å². The number of benzene rings is 2. The van der Waals surface area contributed by atoms with E-state index in [1.165, 1.54) is 4.90 Å². The molecule has 1 heterocycles. The Balaban J connectivity index is 1.92. The number of ether oxygens (including phenoxy) is 1. The Bertz CT molecular complexity index is 809. The molecule has 152 valence electrons. The van der Waals surface area contributed by atoms with E-state index in [0.29, 0.717) is 6.42 Å². The predicted molar refractivity (Wildman–Crippen MR) is 106 cm³/mol. The van der Waals surface area contributed by atoms with Crippen LogP contribution in [0.1, 0.15) is 22.3 Å². The van der Waals surface area contributed by atoms with Crippen molar-refractivity contribution in [2.45, 2.75) is 48.4 Å². The summed E-state index contributed by atoms with van der Waals surface area (Å²) in [6.45, 7) is 1.35. The van der Waals surface area contributed by atoms with Gasteiger partial charge in [-0.2, -0.15) is 0 Å². The standard InChI is InChI=1S/C21H26O6S/c1-12-3-6-15(10-14(12)9-13-4-7-16(28-2)8-5-13)21(26)20(25)19(24)18(23)17(11-22)27-21/h3-8,10,17-20,22-26H,9,11H2,1-2H3/t17-,18-,19+,20-,21+/m1/s1. The van der Waals surface area contributed by atoms with Crippen LogP contribution in [0.3, 0.4) is 0 Å². The van der Waals surface area contributed by atoms with Gasteiger partial charge in [0.1, 0.15) is 24.4 Å². The maximum absolute atomic E-state index is 11.0. The summed E-state index contributed by atoms with van der Waals surface area (Å²) in [6, 6.07) is 13.3. The summed E-state index contributed by atoms with van der Waals surface area (Å²) >= 11 is 1.67. The van der Waals surface area contributed by atoms with Crippen LogP contribution >= 0.6 is 11.8 Å².